The standard InChI is InChI=1S/C14H17BrN2O2/c15-12-5-13(16-6-11(12)14(18)19)17-7-9-3-1-2-4-10(9)8-17/h5-6,9-10H,1-4,7-8H2,(H,18,19)/t9-,10+. The summed E-state index contributed by atoms with van der Waals surface area (Å²) >= 11 is 3.32. The average Bonchev–Trinajstić information content (AvgIpc) is 2.81. The van der Waals surface area contributed by atoms with Gasteiger partial charge in [-0.1, -0.05) is 12.8 Å². The topological polar surface area (TPSA) is 53.4 Å². The Morgan fingerprint density at radius 3 is 2.47 bits per heavy atom. The fourth-order valence-corrected chi connectivity index (χ4v) is 3.82. The molecular weight excluding hydrogens is 308 g/mol. The van der Waals surface area contributed by atoms with Crippen LogP contribution in [0.1, 0.15) is 36.0 Å². The second-order valence-electron chi connectivity index (χ2n) is 5.54. The van der Waals surface area contributed by atoms with Crippen molar-refractivity contribution in [3.63, 3.8) is 0 Å². The van der Waals surface area contributed by atoms with E-state index in [9.17, 15) is 4.79 Å². The summed E-state index contributed by atoms with van der Waals surface area (Å²) in [5.41, 5.74) is 0.223. The lowest BCUT2D eigenvalue weighted by atomic mass is 9.82. The average molecular weight is 325 g/mol. The summed E-state index contributed by atoms with van der Waals surface area (Å²) in [4.78, 5) is 17.6. The third kappa shape index (κ3) is 2.48. The van der Waals surface area contributed by atoms with Gasteiger partial charge in [-0.15, -0.1) is 0 Å². The van der Waals surface area contributed by atoms with E-state index in [-0.39, 0.29) is 5.56 Å². The van der Waals surface area contributed by atoms with Crippen molar-refractivity contribution < 1.29 is 9.90 Å². The third-order valence-corrected chi connectivity index (χ3v) is 5.03. The number of rotatable bonds is 2. The summed E-state index contributed by atoms with van der Waals surface area (Å²) in [6.45, 7) is 2.13. The van der Waals surface area contributed by atoms with Crippen LogP contribution in [0.4, 0.5) is 5.82 Å². The summed E-state index contributed by atoms with van der Waals surface area (Å²) in [6, 6.07) is 1.83. The first-order valence-corrected chi connectivity index (χ1v) is 7.58. The van der Waals surface area contributed by atoms with Gasteiger partial charge in [0.05, 0.1) is 5.56 Å². The van der Waals surface area contributed by atoms with Gasteiger partial charge in [0.25, 0.3) is 0 Å². The van der Waals surface area contributed by atoms with Crippen molar-refractivity contribution in [2.75, 3.05) is 18.0 Å². The van der Waals surface area contributed by atoms with E-state index < -0.39 is 5.97 Å². The molecule has 0 aromatic carbocycles. The molecule has 4 nitrogen and oxygen atoms in total. The molecule has 1 N–H and O–H groups in total. The molecule has 1 aliphatic carbocycles. The van der Waals surface area contributed by atoms with Crippen LogP contribution < -0.4 is 4.90 Å². The van der Waals surface area contributed by atoms with Gasteiger partial charge in [0.1, 0.15) is 5.82 Å². The second kappa shape index (κ2) is 5.12. The highest BCUT2D eigenvalue weighted by atomic mass is 79.9. The van der Waals surface area contributed by atoms with Gasteiger partial charge in [-0.3, -0.25) is 0 Å². The second-order valence-corrected chi connectivity index (χ2v) is 6.39. The molecule has 2 atom stereocenters. The molecule has 1 saturated heterocycles. The highest BCUT2D eigenvalue weighted by molar-refractivity contribution is 9.10. The number of carboxylic acids is 1. The fraction of sp³-hybridized carbons (Fsp3) is 0.571. The first-order valence-electron chi connectivity index (χ1n) is 6.79. The van der Waals surface area contributed by atoms with E-state index in [0.717, 1.165) is 30.7 Å². The Bertz CT molecular complexity index is 492. The zero-order chi connectivity index (χ0) is 13.4. The van der Waals surface area contributed by atoms with Crippen LogP contribution in [0, 0.1) is 11.8 Å². The Kier molecular flexibility index (Phi) is 3.48. The zero-order valence-electron chi connectivity index (χ0n) is 10.7. The molecule has 1 aromatic rings. The van der Waals surface area contributed by atoms with Crippen LogP contribution in [0.5, 0.6) is 0 Å². The maximum absolute atomic E-state index is 11.0. The number of carboxylic acid groups (broad SMARTS) is 1. The molecule has 2 heterocycles. The van der Waals surface area contributed by atoms with Crippen LogP contribution in [0.3, 0.4) is 0 Å². The fourth-order valence-electron chi connectivity index (χ4n) is 3.34. The number of halogens is 1. The minimum atomic E-state index is -0.944. The molecular formula is C14H17BrN2O2. The Balaban J connectivity index is 1.80. The number of hydrogen-bond acceptors (Lipinski definition) is 3. The van der Waals surface area contributed by atoms with E-state index in [1.54, 1.807) is 0 Å². The molecule has 0 radical (unpaired) electrons. The van der Waals surface area contributed by atoms with E-state index in [1.165, 1.54) is 31.9 Å². The summed E-state index contributed by atoms with van der Waals surface area (Å²) in [5, 5.41) is 9.01. The molecule has 0 spiro atoms. The van der Waals surface area contributed by atoms with E-state index in [2.05, 4.69) is 25.8 Å². The van der Waals surface area contributed by atoms with E-state index in [0.29, 0.717) is 4.47 Å². The third-order valence-electron chi connectivity index (χ3n) is 4.37. The molecule has 19 heavy (non-hydrogen) atoms. The Morgan fingerprint density at radius 1 is 1.32 bits per heavy atom. The van der Waals surface area contributed by atoms with Crippen molar-refractivity contribution in [3.05, 3.63) is 22.3 Å². The predicted octanol–water partition coefficient (Wildman–Crippen LogP) is 3.17. The van der Waals surface area contributed by atoms with Gasteiger partial charge in [-0.2, -0.15) is 0 Å². The quantitative estimate of drug-likeness (QED) is 0.907. The molecule has 1 aliphatic heterocycles. The van der Waals surface area contributed by atoms with Crippen molar-refractivity contribution in [2.24, 2.45) is 11.8 Å². The highest BCUT2D eigenvalue weighted by Gasteiger charge is 2.34. The van der Waals surface area contributed by atoms with Gasteiger partial charge in [0.2, 0.25) is 0 Å². The molecule has 2 aliphatic rings. The number of nitrogens with zero attached hydrogens (tertiary/aromatic N) is 2. The van der Waals surface area contributed by atoms with Crippen LogP contribution >= 0.6 is 15.9 Å². The summed E-state index contributed by atoms with van der Waals surface area (Å²) in [7, 11) is 0. The number of anilines is 1. The number of pyridine rings is 1. The maximum Gasteiger partial charge on any atom is 0.338 e. The lowest BCUT2D eigenvalue weighted by Gasteiger charge is -2.22. The minimum Gasteiger partial charge on any atom is -0.478 e. The van der Waals surface area contributed by atoms with Gasteiger partial charge in [-0.25, -0.2) is 9.78 Å². The molecule has 0 bridgehead atoms. The van der Waals surface area contributed by atoms with Crippen LogP contribution in [0.15, 0.2) is 16.7 Å². The Hall–Kier alpha value is -1.10. The molecule has 1 aromatic heterocycles. The Labute approximate surface area is 121 Å². The normalized spacial score (nSPS) is 26.3. The number of aromatic carboxylic acids is 1. The first kappa shape index (κ1) is 12.9. The summed E-state index contributed by atoms with van der Waals surface area (Å²) < 4.78 is 0.611. The zero-order valence-corrected chi connectivity index (χ0v) is 12.3. The SMILES string of the molecule is O=C(O)c1cnc(N2C[C@H]3CCCC[C@H]3C2)cc1Br. The van der Waals surface area contributed by atoms with Crippen LogP contribution in [-0.4, -0.2) is 29.1 Å². The van der Waals surface area contributed by atoms with Crippen molar-refractivity contribution in [2.45, 2.75) is 25.7 Å². The molecule has 102 valence electrons. The number of hydrogen-bond donors (Lipinski definition) is 1. The number of carbonyl (C=O) groups is 1. The molecule has 2 fully saturated rings. The van der Waals surface area contributed by atoms with Crippen LogP contribution in [0.25, 0.3) is 0 Å². The van der Waals surface area contributed by atoms with Crippen molar-refractivity contribution in [1.29, 1.82) is 0 Å². The lowest BCUT2D eigenvalue weighted by Crippen LogP contribution is -2.21. The van der Waals surface area contributed by atoms with Gasteiger partial charge in [0, 0.05) is 23.8 Å². The molecule has 5 heteroatoms. The van der Waals surface area contributed by atoms with E-state index in [1.807, 2.05) is 6.07 Å². The molecule has 0 unspecified atom stereocenters. The van der Waals surface area contributed by atoms with Gasteiger partial charge in [0.15, 0.2) is 0 Å². The monoisotopic (exact) mass is 324 g/mol. The number of aromatic nitrogens is 1. The summed E-state index contributed by atoms with van der Waals surface area (Å²) in [5.74, 6) is 1.55. The largest absolute Gasteiger partial charge is 0.478 e. The van der Waals surface area contributed by atoms with Gasteiger partial charge >= 0.3 is 5.97 Å². The smallest absolute Gasteiger partial charge is 0.338 e. The van der Waals surface area contributed by atoms with Crippen molar-refractivity contribution in [1.82, 2.24) is 4.98 Å². The van der Waals surface area contributed by atoms with E-state index in [4.69, 9.17) is 5.11 Å². The first-order chi connectivity index (χ1) is 9.15. The highest BCUT2D eigenvalue weighted by Crippen LogP contribution is 2.38. The minimum absolute atomic E-state index is 0.223. The summed E-state index contributed by atoms with van der Waals surface area (Å²) in [6.07, 6.45) is 6.81. The number of fused-ring (bicyclic) bond motifs is 1. The van der Waals surface area contributed by atoms with Gasteiger partial charge < -0.3 is 10.0 Å². The molecule has 0 amide bonds. The molecule has 3 rings (SSSR count). The van der Waals surface area contributed by atoms with Crippen molar-refractivity contribution in [3.8, 4) is 0 Å². The van der Waals surface area contributed by atoms with Crippen molar-refractivity contribution >= 4 is 27.7 Å². The lowest BCUT2D eigenvalue weighted by molar-refractivity contribution is 0.0695. The van der Waals surface area contributed by atoms with Crippen LogP contribution in [0.2, 0.25) is 0 Å². The Morgan fingerprint density at radius 2 is 1.95 bits per heavy atom. The maximum atomic E-state index is 11.0. The predicted molar refractivity (Wildman–Crippen MR) is 76.6 cm³/mol. The van der Waals surface area contributed by atoms with Gasteiger partial charge in [-0.05, 0) is 46.7 Å². The van der Waals surface area contributed by atoms with Crippen LogP contribution in [-0.2, 0) is 0 Å². The van der Waals surface area contributed by atoms with E-state index >= 15 is 0 Å². The molecule has 1 saturated carbocycles.